The van der Waals surface area contributed by atoms with E-state index in [1.54, 1.807) is 0 Å². The number of rotatable bonds is 5. The van der Waals surface area contributed by atoms with E-state index in [1.165, 1.54) is 19.3 Å². The van der Waals surface area contributed by atoms with Crippen LogP contribution in [-0.2, 0) is 9.53 Å². The van der Waals surface area contributed by atoms with Gasteiger partial charge in [0.05, 0.1) is 19.1 Å². The van der Waals surface area contributed by atoms with Crippen molar-refractivity contribution in [1.82, 2.24) is 5.32 Å². The summed E-state index contributed by atoms with van der Waals surface area (Å²) in [6.07, 6.45) is 4.61. The third-order valence-electron chi connectivity index (χ3n) is 3.68. The monoisotopic (exact) mass is 211 g/mol. The lowest BCUT2D eigenvalue weighted by Gasteiger charge is -2.26. The second-order valence-corrected chi connectivity index (χ2v) is 4.78. The van der Waals surface area contributed by atoms with Crippen LogP contribution < -0.4 is 5.32 Å². The first-order valence-corrected chi connectivity index (χ1v) is 6.15. The van der Waals surface area contributed by atoms with E-state index in [0.717, 1.165) is 13.0 Å². The van der Waals surface area contributed by atoms with Crippen LogP contribution in [0.2, 0.25) is 0 Å². The zero-order chi connectivity index (χ0) is 10.7. The standard InChI is InChI=1S/C12H21NO2/c1-2-13-11-8-15-7-10(11)12(14)6-9-4-3-5-9/h9-11,13H,2-8H2,1H3. The topological polar surface area (TPSA) is 38.3 Å². The first-order chi connectivity index (χ1) is 7.31. The molecular weight excluding hydrogens is 190 g/mol. The van der Waals surface area contributed by atoms with Crippen LogP contribution in [0.1, 0.15) is 32.6 Å². The molecule has 86 valence electrons. The summed E-state index contributed by atoms with van der Waals surface area (Å²) in [6.45, 7) is 4.32. The van der Waals surface area contributed by atoms with Gasteiger partial charge in [-0.25, -0.2) is 0 Å². The van der Waals surface area contributed by atoms with Crippen LogP contribution in [0.3, 0.4) is 0 Å². The van der Waals surface area contributed by atoms with Crippen molar-refractivity contribution in [1.29, 1.82) is 0 Å². The molecular formula is C12H21NO2. The van der Waals surface area contributed by atoms with Crippen molar-refractivity contribution in [3.05, 3.63) is 0 Å². The van der Waals surface area contributed by atoms with Crippen LogP contribution in [0, 0.1) is 11.8 Å². The number of Topliss-reactive ketones (excluding diaryl/α,β-unsaturated/α-hetero) is 1. The van der Waals surface area contributed by atoms with Crippen LogP contribution in [0.25, 0.3) is 0 Å². The molecule has 2 aliphatic rings. The highest BCUT2D eigenvalue weighted by Crippen LogP contribution is 2.31. The molecule has 1 saturated heterocycles. The van der Waals surface area contributed by atoms with Gasteiger partial charge in [-0.2, -0.15) is 0 Å². The van der Waals surface area contributed by atoms with Gasteiger partial charge in [0.25, 0.3) is 0 Å². The van der Waals surface area contributed by atoms with Crippen LogP contribution in [-0.4, -0.2) is 31.6 Å². The number of hydrogen-bond donors (Lipinski definition) is 1. The summed E-state index contributed by atoms with van der Waals surface area (Å²) in [5, 5.41) is 3.34. The van der Waals surface area contributed by atoms with Gasteiger partial charge in [-0.1, -0.05) is 26.2 Å². The van der Waals surface area contributed by atoms with Crippen molar-refractivity contribution in [3.8, 4) is 0 Å². The van der Waals surface area contributed by atoms with Crippen molar-refractivity contribution < 1.29 is 9.53 Å². The number of ketones is 1. The van der Waals surface area contributed by atoms with Crippen molar-refractivity contribution in [3.63, 3.8) is 0 Å². The SMILES string of the molecule is CCNC1COCC1C(=O)CC1CCC1. The normalized spacial score (nSPS) is 31.5. The maximum atomic E-state index is 12.0. The molecule has 15 heavy (non-hydrogen) atoms. The van der Waals surface area contributed by atoms with Gasteiger partial charge in [0.2, 0.25) is 0 Å². The minimum absolute atomic E-state index is 0.116. The van der Waals surface area contributed by atoms with Gasteiger partial charge in [0, 0.05) is 12.5 Å². The Morgan fingerprint density at radius 3 is 2.80 bits per heavy atom. The molecule has 0 bridgehead atoms. The molecule has 3 heteroatoms. The number of hydrogen-bond acceptors (Lipinski definition) is 3. The van der Waals surface area contributed by atoms with Gasteiger partial charge in [-0.05, 0) is 12.5 Å². The Morgan fingerprint density at radius 2 is 2.20 bits per heavy atom. The minimum Gasteiger partial charge on any atom is -0.379 e. The van der Waals surface area contributed by atoms with Crippen molar-refractivity contribution in [2.45, 2.75) is 38.6 Å². The van der Waals surface area contributed by atoms with Crippen LogP contribution in [0.4, 0.5) is 0 Å². The summed E-state index contributed by atoms with van der Waals surface area (Å²) in [7, 11) is 0. The number of likely N-dealkylation sites (N-methyl/N-ethyl adjacent to an activating group) is 1. The zero-order valence-electron chi connectivity index (χ0n) is 9.50. The van der Waals surface area contributed by atoms with Crippen LogP contribution in [0.15, 0.2) is 0 Å². The van der Waals surface area contributed by atoms with Gasteiger partial charge in [0.15, 0.2) is 0 Å². The molecule has 2 unspecified atom stereocenters. The Bertz CT molecular complexity index is 226. The van der Waals surface area contributed by atoms with E-state index in [1.807, 2.05) is 0 Å². The van der Waals surface area contributed by atoms with E-state index in [4.69, 9.17) is 4.74 Å². The summed E-state index contributed by atoms with van der Waals surface area (Å²) in [5.41, 5.74) is 0. The van der Waals surface area contributed by atoms with Gasteiger partial charge in [-0.15, -0.1) is 0 Å². The van der Waals surface area contributed by atoms with E-state index >= 15 is 0 Å². The lowest BCUT2D eigenvalue weighted by atomic mass is 9.79. The highest BCUT2D eigenvalue weighted by atomic mass is 16.5. The van der Waals surface area contributed by atoms with E-state index in [2.05, 4.69) is 12.2 Å². The summed E-state index contributed by atoms with van der Waals surface area (Å²) in [5.74, 6) is 1.22. The van der Waals surface area contributed by atoms with Gasteiger partial charge >= 0.3 is 0 Å². The first-order valence-electron chi connectivity index (χ1n) is 6.15. The Kier molecular flexibility index (Phi) is 3.76. The molecule has 0 amide bonds. The molecule has 1 aliphatic heterocycles. The molecule has 0 aromatic heterocycles. The van der Waals surface area contributed by atoms with Gasteiger partial charge in [-0.3, -0.25) is 4.79 Å². The maximum Gasteiger partial charge on any atom is 0.140 e. The molecule has 0 aromatic carbocycles. The molecule has 0 spiro atoms. The second kappa shape index (κ2) is 5.08. The van der Waals surface area contributed by atoms with Crippen LogP contribution >= 0.6 is 0 Å². The average Bonchev–Trinajstić information content (AvgIpc) is 2.60. The number of carbonyl (C=O) groups excluding carboxylic acids is 1. The Balaban J connectivity index is 1.81. The van der Waals surface area contributed by atoms with Crippen molar-refractivity contribution in [2.75, 3.05) is 19.8 Å². The molecule has 1 heterocycles. The van der Waals surface area contributed by atoms with E-state index < -0.39 is 0 Å². The molecule has 2 rings (SSSR count). The van der Waals surface area contributed by atoms with E-state index in [0.29, 0.717) is 24.9 Å². The third kappa shape index (κ3) is 2.58. The second-order valence-electron chi connectivity index (χ2n) is 4.78. The molecule has 1 aliphatic carbocycles. The molecule has 2 atom stereocenters. The number of nitrogens with one attached hydrogen (secondary N) is 1. The smallest absolute Gasteiger partial charge is 0.140 e. The highest BCUT2D eigenvalue weighted by Gasteiger charge is 2.34. The number of carbonyl (C=O) groups is 1. The predicted molar refractivity (Wildman–Crippen MR) is 58.7 cm³/mol. The predicted octanol–water partition coefficient (Wildman–Crippen LogP) is 1.37. The van der Waals surface area contributed by atoms with Gasteiger partial charge < -0.3 is 10.1 Å². The average molecular weight is 211 g/mol. The summed E-state index contributed by atoms with van der Waals surface area (Å²) in [6, 6.07) is 0.266. The summed E-state index contributed by atoms with van der Waals surface area (Å²) < 4.78 is 5.39. The molecule has 2 fully saturated rings. The summed E-state index contributed by atoms with van der Waals surface area (Å²) >= 11 is 0. The van der Waals surface area contributed by atoms with Crippen LogP contribution in [0.5, 0.6) is 0 Å². The molecule has 1 saturated carbocycles. The maximum absolute atomic E-state index is 12.0. The van der Waals surface area contributed by atoms with E-state index in [9.17, 15) is 4.79 Å². The third-order valence-corrected chi connectivity index (χ3v) is 3.68. The quantitative estimate of drug-likeness (QED) is 0.746. The summed E-state index contributed by atoms with van der Waals surface area (Å²) in [4.78, 5) is 12.0. The zero-order valence-corrected chi connectivity index (χ0v) is 9.50. The first kappa shape index (κ1) is 11.1. The fraction of sp³-hybridized carbons (Fsp3) is 0.917. The fourth-order valence-corrected chi connectivity index (χ4v) is 2.47. The number of ether oxygens (including phenoxy) is 1. The van der Waals surface area contributed by atoms with E-state index in [-0.39, 0.29) is 12.0 Å². The Morgan fingerprint density at radius 1 is 1.40 bits per heavy atom. The van der Waals surface area contributed by atoms with Crippen molar-refractivity contribution in [2.24, 2.45) is 11.8 Å². The molecule has 1 N–H and O–H groups in total. The van der Waals surface area contributed by atoms with Crippen molar-refractivity contribution >= 4 is 5.78 Å². The molecule has 0 aromatic rings. The lowest BCUT2D eigenvalue weighted by molar-refractivity contribution is -0.124. The largest absolute Gasteiger partial charge is 0.379 e. The molecule has 0 radical (unpaired) electrons. The lowest BCUT2D eigenvalue weighted by Crippen LogP contribution is -2.39. The van der Waals surface area contributed by atoms with Gasteiger partial charge in [0.1, 0.15) is 5.78 Å². The Labute approximate surface area is 91.6 Å². The minimum atomic E-state index is 0.116. The fourth-order valence-electron chi connectivity index (χ4n) is 2.47. The highest BCUT2D eigenvalue weighted by molar-refractivity contribution is 5.82. The Hall–Kier alpha value is -0.410. The molecule has 3 nitrogen and oxygen atoms in total.